The number of ether oxygens (including phenoxy) is 2. The molecule has 0 saturated carbocycles. The summed E-state index contributed by atoms with van der Waals surface area (Å²) in [5.41, 5.74) is -0.242. The number of nitrogens with zero attached hydrogens (tertiary/aromatic N) is 1. The largest absolute Gasteiger partial charge is 0.482 e. The predicted octanol–water partition coefficient (Wildman–Crippen LogP) is 3.34. The van der Waals surface area contributed by atoms with E-state index in [0.29, 0.717) is 0 Å². The zero-order valence-electron chi connectivity index (χ0n) is 14.0. The van der Waals surface area contributed by atoms with E-state index >= 15 is 0 Å². The molecule has 0 fully saturated rings. The Bertz CT molecular complexity index is 859. The van der Waals surface area contributed by atoms with Crippen molar-refractivity contribution >= 4 is 34.9 Å². The van der Waals surface area contributed by atoms with E-state index in [4.69, 9.17) is 21.1 Å². The fourth-order valence-electron chi connectivity index (χ4n) is 1.91. The minimum atomic E-state index is -1.20. The first-order valence-electron chi connectivity index (χ1n) is 7.59. The standard InChI is InChI=1S/C17H14ClFN2O6/c1-10(27-16(22)9-26-13-5-2-11(19)3-6-13)17(23)20-15-8-12(21(24)25)4-7-14(15)18/h2-8,10H,9H2,1H3,(H,20,23). The number of benzene rings is 2. The van der Waals surface area contributed by atoms with Gasteiger partial charge in [-0.1, -0.05) is 11.6 Å². The van der Waals surface area contributed by atoms with Crippen molar-refractivity contribution in [2.45, 2.75) is 13.0 Å². The molecular formula is C17H14ClFN2O6. The number of hydrogen-bond donors (Lipinski definition) is 1. The van der Waals surface area contributed by atoms with Crippen molar-refractivity contribution in [1.29, 1.82) is 0 Å². The Labute approximate surface area is 158 Å². The molecule has 27 heavy (non-hydrogen) atoms. The van der Waals surface area contributed by atoms with E-state index < -0.39 is 35.3 Å². The van der Waals surface area contributed by atoms with Crippen LogP contribution in [0.3, 0.4) is 0 Å². The SMILES string of the molecule is CC(OC(=O)COc1ccc(F)cc1)C(=O)Nc1cc([N+](=O)[O-])ccc1Cl. The smallest absolute Gasteiger partial charge is 0.344 e. The predicted molar refractivity (Wildman–Crippen MR) is 94.2 cm³/mol. The molecule has 0 saturated heterocycles. The van der Waals surface area contributed by atoms with Crippen LogP contribution in [0.1, 0.15) is 6.92 Å². The number of carbonyl (C=O) groups excluding carboxylic acids is 2. The molecule has 10 heteroatoms. The van der Waals surface area contributed by atoms with Crippen LogP contribution in [0.25, 0.3) is 0 Å². The molecule has 2 aromatic rings. The number of carbonyl (C=O) groups is 2. The molecule has 2 rings (SSSR count). The van der Waals surface area contributed by atoms with Crippen molar-refractivity contribution in [3.05, 3.63) is 63.4 Å². The minimum Gasteiger partial charge on any atom is -0.482 e. The van der Waals surface area contributed by atoms with E-state index in [1.165, 1.54) is 43.3 Å². The van der Waals surface area contributed by atoms with Gasteiger partial charge >= 0.3 is 5.97 Å². The van der Waals surface area contributed by atoms with E-state index in [1.807, 2.05) is 0 Å². The van der Waals surface area contributed by atoms with Gasteiger partial charge in [0.2, 0.25) is 0 Å². The van der Waals surface area contributed by atoms with Crippen LogP contribution in [-0.2, 0) is 14.3 Å². The highest BCUT2D eigenvalue weighted by atomic mass is 35.5. The molecule has 0 spiro atoms. The summed E-state index contributed by atoms with van der Waals surface area (Å²) in [5, 5.41) is 13.2. The Morgan fingerprint density at radius 3 is 2.56 bits per heavy atom. The summed E-state index contributed by atoms with van der Waals surface area (Å²) in [6, 6.07) is 8.55. The zero-order chi connectivity index (χ0) is 20.0. The van der Waals surface area contributed by atoms with Crippen LogP contribution in [0.4, 0.5) is 15.8 Å². The van der Waals surface area contributed by atoms with E-state index in [-0.39, 0.29) is 22.1 Å². The van der Waals surface area contributed by atoms with Gasteiger partial charge in [-0.25, -0.2) is 9.18 Å². The molecule has 2 aromatic carbocycles. The van der Waals surface area contributed by atoms with Crippen molar-refractivity contribution in [1.82, 2.24) is 0 Å². The first-order valence-corrected chi connectivity index (χ1v) is 7.96. The van der Waals surface area contributed by atoms with Crippen LogP contribution in [-0.4, -0.2) is 29.5 Å². The summed E-state index contributed by atoms with van der Waals surface area (Å²) in [7, 11) is 0. The fraction of sp³-hybridized carbons (Fsp3) is 0.176. The normalized spacial score (nSPS) is 11.4. The van der Waals surface area contributed by atoms with Gasteiger partial charge in [0, 0.05) is 12.1 Å². The van der Waals surface area contributed by atoms with Gasteiger partial charge in [0.25, 0.3) is 11.6 Å². The summed E-state index contributed by atoms with van der Waals surface area (Å²) in [6.45, 7) is 0.831. The zero-order valence-corrected chi connectivity index (χ0v) is 14.7. The van der Waals surface area contributed by atoms with Crippen molar-refractivity contribution < 1.29 is 28.4 Å². The van der Waals surface area contributed by atoms with Crippen molar-refractivity contribution in [2.24, 2.45) is 0 Å². The van der Waals surface area contributed by atoms with Crippen LogP contribution in [0.5, 0.6) is 5.75 Å². The second kappa shape index (κ2) is 8.95. The number of non-ortho nitro benzene ring substituents is 1. The Balaban J connectivity index is 1.89. The maximum atomic E-state index is 12.8. The quantitative estimate of drug-likeness (QED) is 0.437. The number of nitro benzene ring substituents is 1. The first kappa shape index (κ1) is 20.1. The summed E-state index contributed by atoms with van der Waals surface area (Å²) in [4.78, 5) is 34.0. The summed E-state index contributed by atoms with van der Waals surface area (Å²) in [6.07, 6.45) is -1.20. The monoisotopic (exact) mass is 396 g/mol. The van der Waals surface area contributed by atoms with Crippen LogP contribution >= 0.6 is 11.6 Å². The molecule has 0 aliphatic carbocycles. The number of nitro groups is 1. The van der Waals surface area contributed by atoms with Crippen molar-refractivity contribution in [3.8, 4) is 5.75 Å². The Morgan fingerprint density at radius 1 is 1.26 bits per heavy atom. The molecule has 1 amide bonds. The fourth-order valence-corrected chi connectivity index (χ4v) is 2.08. The first-order chi connectivity index (χ1) is 12.8. The van der Waals surface area contributed by atoms with Gasteiger partial charge < -0.3 is 14.8 Å². The maximum absolute atomic E-state index is 12.8. The molecule has 0 aromatic heterocycles. The van der Waals surface area contributed by atoms with Gasteiger partial charge in [-0.3, -0.25) is 14.9 Å². The van der Waals surface area contributed by atoms with E-state index in [9.17, 15) is 24.1 Å². The van der Waals surface area contributed by atoms with E-state index in [2.05, 4.69) is 5.32 Å². The lowest BCUT2D eigenvalue weighted by atomic mass is 10.2. The third-order valence-corrected chi connectivity index (χ3v) is 3.60. The molecular weight excluding hydrogens is 383 g/mol. The lowest BCUT2D eigenvalue weighted by molar-refractivity contribution is -0.384. The molecule has 0 heterocycles. The lowest BCUT2D eigenvalue weighted by Gasteiger charge is -2.14. The number of hydrogen-bond acceptors (Lipinski definition) is 6. The molecule has 142 valence electrons. The number of anilines is 1. The second-order valence-electron chi connectivity index (χ2n) is 5.29. The minimum absolute atomic E-state index is 0.0151. The highest BCUT2D eigenvalue weighted by Crippen LogP contribution is 2.26. The van der Waals surface area contributed by atoms with Gasteiger partial charge in [-0.15, -0.1) is 0 Å². The van der Waals surface area contributed by atoms with Gasteiger partial charge in [0.1, 0.15) is 11.6 Å². The third-order valence-electron chi connectivity index (χ3n) is 3.27. The summed E-state index contributed by atoms with van der Waals surface area (Å²) >= 11 is 5.89. The van der Waals surface area contributed by atoms with Crippen LogP contribution in [0, 0.1) is 15.9 Å². The van der Waals surface area contributed by atoms with Crippen molar-refractivity contribution in [2.75, 3.05) is 11.9 Å². The molecule has 0 aliphatic rings. The lowest BCUT2D eigenvalue weighted by Crippen LogP contribution is -2.31. The number of nitrogens with one attached hydrogen (secondary N) is 1. The molecule has 1 N–H and O–H groups in total. The van der Waals surface area contributed by atoms with Gasteiger partial charge in [-0.05, 0) is 37.3 Å². The van der Waals surface area contributed by atoms with Crippen LogP contribution in [0.2, 0.25) is 5.02 Å². The molecule has 8 nitrogen and oxygen atoms in total. The Kier molecular flexibility index (Phi) is 6.67. The maximum Gasteiger partial charge on any atom is 0.344 e. The molecule has 1 unspecified atom stereocenters. The number of amides is 1. The second-order valence-corrected chi connectivity index (χ2v) is 5.69. The highest BCUT2D eigenvalue weighted by molar-refractivity contribution is 6.33. The van der Waals surface area contributed by atoms with Gasteiger partial charge in [-0.2, -0.15) is 0 Å². The highest BCUT2D eigenvalue weighted by Gasteiger charge is 2.20. The third kappa shape index (κ3) is 5.93. The van der Waals surface area contributed by atoms with E-state index in [0.717, 1.165) is 6.07 Å². The molecule has 1 atom stereocenters. The molecule has 0 bridgehead atoms. The topological polar surface area (TPSA) is 108 Å². The van der Waals surface area contributed by atoms with Gasteiger partial charge in [0.15, 0.2) is 12.7 Å². The Morgan fingerprint density at radius 2 is 1.93 bits per heavy atom. The average Bonchev–Trinajstić information content (AvgIpc) is 2.62. The Hall–Kier alpha value is -3.20. The van der Waals surface area contributed by atoms with Gasteiger partial charge in [0.05, 0.1) is 15.6 Å². The average molecular weight is 397 g/mol. The number of rotatable bonds is 7. The summed E-state index contributed by atoms with van der Waals surface area (Å²) in [5.74, 6) is -1.75. The number of halogens is 2. The molecule has 0 aliphatic heterocycles. The summed E-state index contributed by atoms with van der Waals surface area (Å²) < 4.78 is 22.8. The van der Waals surface area contributed by atoms with Crippen LogP contribution in [0.15, 0.2) is 42.5 Å². The van der Waals surface area contributed by atoms with Crippen molar-refractivity contribution in [3.63, 3.8) is 0 Å². The van der Waals surface area contributed by atoms with Crippen LogP contribution < -0.4 is 10.1 Å². The number of esters is 1. The van der Waals surface area contributed by atoms with E-state index in [1.54, 1.807) is 0 Å². The molecule has 0 radical (unpaired) electrons.